The lowest BCUT2D eigenvalue weighted by Gasteiger charge is -2.20. The molecule has 0 aliphatic rings. The zero-order valence-corrected chi connectivity index (χ0v) is 12.8. The quantitative estimate of drug-likeness (QED) is 0.745. The molecule has 2 rings (SSSR count). The molecule has 0 amide bonds. The number of carbonyl (C=O) groups is 1. The lowest BCUT2D eigenvalue weighted by Crippen LogP contribution is -2.22. The first kappa shape index (κ1) is 14.4. The SMILES string of the molecule is Cc1cc(-c2ccncc2)cc(C)c1C(=O)C(C)(C)C. The number of rotatable bonds is 2. The number of Topliss-reactive ketones (excluding diaryl/α,β-unsaturated/α-hetero) is 1. The van der Waals surface area contributed by atoms with Crippen LogP contribution >= 0.6 is 0 Å². The Morgan fingerprint density at radius 3 is 1.90 bits per heavy atom. The van der Waals surface area contributed by atoms with Crippen molar-refractivity contribution in [1.82, 2.24) is 4.98 Å². The Balaban J connectivity index is 2.53. The molecule has 0 saturated heterocycles. The summed E-state index contributed by atoms with van der Waals surface area (Å²) < 4.78 is 0. The molecule has 0 bridgehead atoms. The van der Waals surface area contributed by atoms with E-state index in [-0.39, 0.29) is 11.2 Å². The summed E-state index contributed by atoms with van der Waals surface area (Å²) in [4.78, 5) is 16.6. The van der Waals surface area contributed by atoms with E-state index in [0.717, 1.165) is 27.8 Å². The maximum Gasteiger partial charge on any atom is 0.168 e. The molecule has 1 heterocycles. The molecule has 0 aliphatic heterocycles. The highest BCUT2D eigenvalue weighted by atomic mass is 16.1. The van der Waals surface area contributed by atoms with Gasteiger partial charge in [0.1, 0.15) is 0 Å². The highest BCUT2D eigenvalue weighted by Crippen LogP contribution is 2.29. The first-order valence-corrected chi connectivity index (χ1v) is 6.87. The number of carbonyl (C=O) groups excluding carboxylic acids is 1. The molecule has 0 unspecified atom stereocenters. The number of ketones is 1. The fourth-order valence-corrected chi connectivity index (χ4v) is 2.41. The van der Waals surface area contributed by atoms with Gasteiger partial charge in [-0.15, -0.1) is 0 Å². The summed E-state index contributed by atoms with van der Waals surface area (Å²) in [6.07, 6.45) is 3.57. The van der Waals surface area contributed by atoms with E-state index in [4.69, 9.17) is 0 Å². The Bertz CT molecular complexity index is 613. The van der Waals surface area contributed by atoms with Gasteiger partial charge < -0.3 is 0 Å². The Labute approximate surface area is 120 Å². The maximum absolute atomic E-state index is 12.5. The average Bonchev–Trinajstić information content (AvgIpc) is 2.37. The van der Waals surface area contributed by atoms with Crippen molar-refractivity contribution in [3.8, 4) is 11.1 Å². The fourth-order valence-electron chi connectivity index (χ4n) is 2.41. The maximum atomic E-state index is 12.5. The van der Waals surface area contributed by atoms with Gasteiger partial charge in [-0.1, -0.05) is 32.9 Å². The lowest BCUT2D eigenvalue weighted by molar-refractivity contribution is 0.0857. The summed E-state index contributed by atoms with van der Waals surface area (Å²) in [6, 6.07) is 8.14. The predicted molar refractivity (Wildman–Crippen MR) is 82.9 cm³/mol. The van der Waals surface area contributed by atoms with E-state index >= 15 is 0 Å². The van der Waals surface area contributed by atoms with Gasteiger partial charge >= 0.3 is 0 Å². The van der Waals surface area contributed by atoms with Crippen molar-refractivity contribution in [1.29, 1.82) is 0 Å². The van der Waals surface area contributed by atoms with Crippen molar-refractivity contribution < 1.29 is 4.79 Å². The van der Waals surface area contributed by atoms with E-state index in [1.54, 1.807) is 12.4 Å². The van der Waals surface area contributed by atoms with Crippen molar-refractivity contribution in [2.75, 3.05) is 0 Å². The normalized spacial score (nSPS) is 11.4. The number of hydrogen-bond acceptors (Lipinski definition) is 2. The van der Waals surface area contributed by atoms with Gasteiger partial charge in [0.25, 0.3) is 0 Å². The van der Waals surface area contributed by atoms with Gasteiger partial charge in [-0.3, -0.25) is 9.78 Å². The van der Waals surface area contributed by atoms with Gasteiger partial charge in [-0.2, -0.15) is 0 Å². The highest BCUT2D eigenvalue weighted by Gasteiger charge is 2.25. The van der Waals surface area contributed by atoms with Gasteiger partial charge in [0, 0.05) is 23.4 Å². The van der Waals surface area contributed by atoms with Crippen LogP contribution in [0.4, 0.5) is 0 Å². The number of benzene rings is 1. The largest absolute Gasteiger partial charge is 0.294 e. The van der Waals surface area contributed by atoms with Crippen molar-refractivity contribution in [3.63, 3.8) is 0 Å². The van der Waals surface area contributed by atoms with Crippen LogP contribution in [0, 0.1) is 19.3 Å². The minimum atomic E-state index is -0.353. The Hall–Kier alpha value is -1.96. The van der Waals surface area contributed by atoms with Crippen LogP contribution in [-0.4, -0.2) is 10.8 Å². The molecule has 2 heteroatoms. The van der Waals surface area contributed by atoms with Crippen molar-refractivity contribution >= 4 is 5.78 Å². The standard InChI is InChI=1S/C18H21NO/c1-12-10-15(14-6-8-19-9-7-14)11-13(2)16(12)17(20)18(3,4)5/h6-11H,1-5H3. The summed E-state index contributed by atoms with van der Waals surface area (Å²) >= 11 is 0. The van der Waals surface area contributed by atoms with E-state index in [1.807, 2.05) is 46.8 Å². The van der Waals surface area contributed by atoms with Crippen LogP contribution in [0.25, 0.3) is 11.1 Å². The second kappa shape index (κ2) is 5.20. The molecular formula is C18H21NO. The van der Waals surface area contributed by atoms with Gasteiger partial charge in [0.15, 0.2) is 5.78 Å². The third-order valence-corrected chi connectivity index (χ3v) is 3.45. The second-order valence-corrected chi connectivity index (χ2v) is 6.30. The molecule has 20 heavy (non-hydrogen) atoms. The molecule has 0 spiro atoms. The first-order chi connectivity index (χ1) is 9.30. The number of aryl methyl sites for hydroxylation is 2. The Kier molecular flexibility index (Phi) is 3.76. The van der Waals surface area contributed by atoms with E-state index in [0.29, 0.717) is 0 Å². The van der Waals surface area contributed by atoms with Crippen molar-refractivity contribution in [3.05, 3.63) is 53.3 Å². The van der Waals surface area contributed by atoms with Gasteiger partial charge in [-0.05, 0) is 48.2 Å². The van der Waals surface area contributed by atoms with Crippen LogP contribution in [-0.2, 0) is 0 Å². The summed E-state index contributed by atoms with van der Waals surface area (Å²) in [5.41, 5.74) is 4.84. The van der Waals surface area contributed by atoms with E-state index in [2.05, 4.69) is 17.1 Å². The van der Waals surface area contributed by atoms with Gasteiger partial charge in [0.05, 0.1) is 0 Å². The van der Waals surface area contributed by atoms with Crippen molar-refractivity contribution in [2.45, 2.75) is 34.6 Å². The Morgan fingerprint density at radius 1 is 0.950 bits per heavy atom. The molecular weight excluding hydrogens is 246 g/mol. The zero-order chi connectivity index (χ0) is 14.9. The molecule has 0 atom stereocenters. The first-order valence-electron chi connectivity index (χ1n) is 6.87. The number of pyridine rings is 1. The molecule has 0 saturated carbocycles. The third kappa shape index (κ3) is 2.79. The van der Waals surface area contributed by atoms with Crippen LogP contribution < -0.4 is 0 Å². The molecule has 0 aliphatic carbocycles. The molecule has 0 radical (unpaired) electrons. The monoisotopic (exact) mass is 267 g/mol. The summed E-state index contributed by atoms with van der Waals surface area (Å²) in [6.45, 7) is 9.91. The summed E-state index contributed by atoms with van der Waals surface area (Å²) in [5, 5.41) is 0. The van der Waals surface area contributed by atoms with Crippen molar-refractivity contribution in [2.24, 2.45) is 5.41 Å². The van der Waals surface area contributed by atoms with Crippen LogP contribution in [0.3, 0.4) is 0 Å². The number of aromatic nitrogens is 1. The Morgan fingerprint density at radius 2 is 1.45 bits per heavy atom. The minimum absolute atomic E-state index is 0.203. The highest BCUT2D eigenvalue weighted by molar-refractivity contribution is 6.02. The lowest BCUT2D eigenvalue weighted by atomic mass is 9.82. The van der Waals surface area contributed by atoms with Gasteiger partial charge in [0.2, 0.25) is 0 Å². The molecule has 0 N–H and O–H groups in total. The van der Waals surface area contributed by atoms with E-state index < -0.39 is 0 Å². The summed E-state index contributed by atoms with van der Waals surface area (Å²) in [7, 11) is 0. The van der Waals surface area contributed by atoms with Crippen LogP contribution in [0.15, 0.2) is 36.7 Å². The number of nitrogens with zero attached hydrogens (tertiary/aromatic N) is 1. The fraction of sp³-hybridized carbons (Fsp3) is 0.333. The minimum Gasteiger partial charge on any atom is -0.294 e. The average molecular weight is 267 g/mol. The molecule has 104 valence electrons. The predicted octanol–water partition coefficient (Wildman–Crippen LogP) is 4.59. The number of hydrogen-bond donors (Lipinski definition) is 0. The molecule has 2 nitrogen and oxygen atoms in total. The topological polar surface area (TPSA) is 30.0 Å². The molecule has 1 aromatic carbocycles. The van der Waals surface area contributed by atoms with E-state index in [1.165, 1.54) is 0 Å². The second-order valence-electron chi connectivity index (χ2n) is 6.30. The van der Waals surface area contributed by atoms with E-state index in [9.17, 15) is 4.79 Å². The molecule has 2 aromatic rings. The van der Waals surface area contributed by atoms with Crippen LogP contribution in [0.1, 0.15) is 42.3 Å². The third-order valence-electron chi connectivity index (χ3n) is 3.45. The zero-order valence-electron chi connectivity index (χ0n) is 12.8. The van der Waals surface area contributed by atoms with Crippen LogP contribution in [0.2, 0.25) is 0 Å². The van der Waals surface area contributed by atoms with Gasteiger partial charge in [-0.25, -0.2) is 0 Å². The van der Waals surface area contributed by atoms with Crippen LogP contribution in [0.5, 0.6) is 0 Å². The molecule has 1 aromatic heterocycles. The summed E-state index contributed by atoms with van der Waals surface area (Å²) in [5.74, 6) is 0.203. The molecule has 0 fully saturated rings. The smallest absolute Gasteiger partial charge is 0.168 e.